The van der Waals surface area contributed by atoms with Crippen LogP contribution in [0.25, 0.3) is 0 Å². The Labute approximate surface area is 108 Å². The van der Waals surface area contributed by atoms with Crippen LogP contribution >= 0.6 is 11.6 Å². The summed E-state index contributed by atoms with van der Waals surface area (Å²) >= 11 is 6.42. The third-order valence-electron chi connectivity index (χ3n) is 3.64. The predicted octanol–water partition coefficient (Wildman–Crippen LogP) is 4.16. The molecule has 1 rings (SSSR count). The van der Waals surface area contributed by atoms with Gasteiger partial charge in [0, 0.05) is 5.57 Å². The van der Waals surface area contributed by atoms with Crippen molar-refractivity contribution in [3.05, 3.63) is 33.0 Å². The maximum atomic E-state index is 11.3. The predicted molar refractivity (Wildman–Crippen MR) is 70.7 cm³/mol. The van der Waals surface area contributed by atoms with Gasteiger partial charge in [0.1, 0.15) is 0 Å². The minimum Gasteiger partial charge on any atom is -0.259 e. The van der Waals surface area contributed by atoms with Gasteiger partial charge in [0.05, 0.1) is 15.7 Å². The van der Waals surface area contributed by atoms with E-state index < -0.39 is 4.87 Å². The second-order valence-corrected chi connectivity index (χ2v) is 6.72. The molecule has 0 saturated heterocycles. The quantitative estimate of drug-likeness (QED) is 0.402. The lowest BCUT2D eigenvalue weighted by atomic mass is 9.73. The van der Waals surface area contributed by atoms with Crippen molar-refractivity contribution in [2.75, 3.05) is 0 Å². The summed E-state index contributed by atoms with van der Waals surface area (Å²) in [7, 11) is 0. The third kappa shape index (κ3) is 2.39. The Bertz CT molecular complexity index is 414. The average Bonchev–Trinajstić information content (AvgIpc) is 2.12. The Balaban J connectivity index is 3.51. The molecule has 0 fully saturated rings. The summed E-state index contributed by atoms with van der Waals surface area (Å²) < 4.78 is 0. The second kappa shape index (κ2) is 4.13. The number of hydrogen-bond acceptors (Lipinski definition) is 2. The SMILES string of the molecule is CC1=CC(C(C)(C)C)=C([N+](=O)[O-])C(C)C1(C)Cl. The maximum absolute atomic E-state index is 11.3. The first-order valence-electron chi connectivity index (χ1n) is 5.76. The number of halogens is 1. The molecular weight excluding hydrogens is 238 g/mol. The second-order valence-electron chi connectivity index (χ2n) is 5.93. The molecular formula is C13H20ClNO2. The normalized spacial score (nSPS) is 30.3. The van der Waals surface area contributed by atoms with Gasteiger partial charge in [-0.05, 0) is 19.3 Å². The summed E-state index contributed by atoms with van der Waals surface area (Å²) in [6, 6.07) is 0. The minimum absolute atomic E-state index is 0.245. The van der Waals surface area contributed by atoms with Crippen LogP contribution in [0.3, 0.4) is 0 Å². The van der Waals surface area contributed by atoms with Crippen molar-refractivity contribution in [2.24, 2.45) is 11.3 Å². The molecule has 0 heterocycles. The molecule has 0 aromatic heterocycles. The van der Waals surface area contributed by atoms with Crippen LogP contribution in [0.1, 0.15) is 41.5 Å². The summed E-state index contributed by atoms with van der Waals surface area (Å²) in [5, 5.41) is 11.3. The van der Waals surface area contributed by atoms with Crippen molar-refractivity contribution in [3.63, 3.8) is 0 Å². The van der Waals surface area contributed by atoms with E-state index in [2.05, 4.69) is 0 Å². The van der Waals surface area contributed by atoms with E-state index in [1.54, 1.807) is 0 Å². The molecule has 0 aromatic carbocycles. The first kappa shape index (κ1) is 14.2. The molecule has 3 nitrogen and oxygen atoms in total. The van der Waals surface area contributed by atoms with Crippen LogP contribution < -0.4 is 0 Å². The van der Waals surface area contributed by atoms with Crippen LogP contribution in [0, 0.1) is 21.4 Å². The summed E-state index contributed by atoms with van der Waals surface area (Å²) in [6.07, 6.45) is 1.88. The van der Waals surface area contributed by atoms with E-state index >= 15 is 0 Å². The van der Waals surface area contributed by atoms with Gasteiger partial charge in [0.25, 0.3) is 5.70 Å². The summed E-state index contributed by atoms with van der Waals surface area (Å²) in [4.78, 5) is 10.3. The summed E-state index contributed by atoms with van der Waals surface area (Å²) in [5.74, 6) is -0.293. The Hall–Kier alpha value is -0.830. The molecule has 0 radical (unpaired) electrons. The van der Waals surface area contributed by atoms with E-state index in [0.717, 1.165) is 11.1 Å². The molecule has 1 aliphatic rings. The van der Waals surface area contributed by atoms with Crippen molar-refractivity contribution in [1.82, 2.24) is 0 Å². The number of hydrogen-bond donors (Lipinski definition) is 0. The van der Waals surface area contributed by atoms with Crippen molar-refractivity contribution in [1.29, 1.82) is 0 Å². The van der Waals surface area contributed by atoms with Crippen LogP contribution in [-0.4, -0.2) is 9.80 Å². The number of nitrogens with zero attached hydrogens (tertiary/aromatic N) is 1. The lowest BCUT2D eigenvalue weighted by Gasteiger charge is -2.36. The molecule has 17 heavy (non-hydrogen) atoms. The largest absolute Gasteiger partial charge is 0.259 e. The van der Waals surface area contributed by atoms with Crippen LogP contribution in [0.15, 0.2) is 22.9 Å². The highest BCUT2D eigenvalue weighted by atomic mass is 35.5. The van der Waals surface area contributed by atoms with Crippen molar-refractivity contribution < 1.29 is 4.92 Å². The van der Waals surface area contributed by atoms with Crippen molar-refractivity contribution >= 4 is 11.6 Å². The number of rotatable bonds is 1. The maximum Gasteiger partial charge on any atom is 0.254 e. The molecule has 0 amide bonds. The molecule has 0 aromatic rings. The average molecular weight is 258 g/mol. The fraction of sp³-hybridized carbons (Fsp3) is 0.692. The highest BCUT2D eigenvalue weighted by Crippen LogP contribution is 2.46. The van der Waals surface area contributed by atoms with Crippen LogP contribution in [-0.2, 0) is 0 Å². The monoisotopic (exact) mass is 257 g/mol. The van der Waals surface area contributed by atoms with Gasteiger partial charge in [-0.1, -0.05) is 39.3 Å². The van der Waals surface area contributed by atoms with Gasteiger partial charge in [0.2, 0.25) is 0 Å². The van der Waals surface area contributed by atoms with Crippen LogP contribution in [0.5, 0.6) is 0 Å². The first-order chi connectivity index (χ1) is 7.49. The van der Waals surface area contributed by atoms with Crippen LogP contribution in [0.2, 0.25) is 0 Å². The number of alkyl halides is 1. The number of nitro groups is 1. The third-order valence-corrected chi connectivity index (χ3v) is 4.26. The van der Waals surface area contributed by atoms with E-state index in [4.69, 9.17) is 11.6 Å². The lowest BCUT2D eigenvalue weighted by molar-refractivity contribution is -0.436. The highest BCUT2D eigenvalue weighted by molar-refractivity contribution is 6.26. The molecule has 2 unspecified atom stereocenters. The van der Waals surface area contributed by atoms with E-state index in [9.17, 15) is 10.1 Å². The Morgan fingerprint density at radius 2 is 1.94 bits per heavy atom. The fourth-order valence-corrected chi connectivity index (χ4v) is 2.28. The highest BCUT2D eigenvalue weighted by Gasteiger charge is 2.45. The molecule has 4 heteroatoms. The lowest BCUT2D eigenvalue weighted by Crippen LogP contribution is -2.37. The van der Waals surface area contributed by atoms with Gasteiger partial charge in [-0.3, -0.25) is 10.1 Å². The van der Waals surface area contributed by atoms with Gasteiger partial charge < -0.3 is 0 Å². The Morgan fingerprint density at radius 3 is 2.29 bits per heavy atom. The van der Waals surface area contributed by atoms with Gasteiger partial charge in [-0.15, -0.1) is 11.6 Å². The van der Waals surface area contributed by atoms with Gasteiger partial charge in [-0.2, -0.15) is 0 Å². The van der Waals surface area contributed by atoms with Gasteiger partial charge in [-0.25, -0.2) is 0 Å². The van der Waals surface area contributed by atoms with E-state index in [1.807, 2.05) is 47.6 Å². The molecule has 0 spiro atoms. The van der Waals surface area contributed by atoms with Crippen molar-refractivity contribution in [2.45, 2.75) is 46.4 Å². The fourth-order valence-electron chi connectivity index (χ4n) is 2.12. The van der Waals surface area contributed by atoms with Gasteiger partial charge in [0.15, 0.2) is 0 Å². The standard InChI is InChI=1S/C13H20ClNO2/c1-8-7-10(12(3,4)5)11(15(16)17)9(2)13(8,6)14/h7,9H,1-6H3. The first-order valence-corrected chi connectivity index (χ1v) is 6.14. The van der Waals surface area contributed by atoms with Crippen molar-refractivity contribution in [3.8, 4) is 0 Å². The molecule has 1 aliphatic carbocycles. The molecule has 96 valence electrons. The molecule has 0 saturated carbocycles. The zero-order valence-corrected chi connectivity index (χ0v) is 12.1. The summed E-state index contributed by atoms with van der Waals surface area (Å²) in [5.41, 5.74) is 1.78. The topological polar surface area (TPSA) is 43.1 Å². The number of allylic oxidation sites excluding steroid dienone is 4. The smallest absolute Gasteiger partial charge is 0.254 e. The van der Waals surface area contributed by atoms with E-state index in [-0.39, 0.29) is 22.0 Å². The molecule has 0 N–H and O–H groups in total. The Morgan fingerprint density at radius 1 is 1.47 bits per heavy atom. The summed E-state index contributed by atoms with van der Waals surface area (Å²) in [6.45, 7) is 11.6. The van der Waals surface area contributed by atoms with Crippen LogP contribution in [0.4, 0.5) is 0 Å². The molecule has 0 bridgehead atoms. The minimum atomic E-state index is -0.669. The molecule has 0 aliphatic heterocycles. The van der Waals surface area contributed by atoms with Gasteiger partial charge >= 0.3 is 0 Å². The Kier molecular flexibility index (Phi) is 3.45. The zero-order valence-electron chi connectivity index (χ0n) is 11.3. The molecule has 2 atom stereocenters. The zero-order chi connectivity index (χ0) is 13.6. The van der Waals surface area contributed by atoms with E-state index in [1.165, 1.54) is 0 Å². The van der Waals surface area contributed by atoms with E-state index in [0.29, 0.717) is 0 Å².